The van der Waals surface area contributed by atoms with E-state index < -0.39 is 5.91 Å². The number of rotatable bonds is 10. The lowest BCUT2D eigenvalue weighted by Crippen LogP contribution is -2.21. The fourth-order valence-corrected chi connectivity index (χ4v) is 3.05. The molecule has 0 radical (unpaired) electrons. The normalized spacial score (nSPS) is 10.2. The van der Waals surface area contributed by atoms with Crippen molar-refractivity contribution in [2.45, 2.75) is 6.92 Å². The van der Waals surface area contributed by atoms with E-state index in [0.29, 0.717) is 46.5 Å². The summed E-state index contributed by atoms with van der Waals surface area (Å²) in [4.78, 5) is 25.1. The molecule has 0 unspecified atom stereocenters. The van der Waals surface area contributed by atoms with Crippen LogP contribution in [0.15, 0.2) is 66.7 Å². The Kier molecular flexibility index (Phi) is 8.13. The summed E-state index contributed by atoms with van der Waals surface area (Å²) in [7, 11) is 2.94. The highest BCUT2D eigenvalue weighted by Crippen LogP contribution is 2.36. The van der Waals surface area contributed by atoms with Crippen LogP contribution < -0.4 is 29.6 Å². The number of methoxy groups -OCH3 is 2. The lowest BCUT2D eigenvalue weighted by molar-refractivity contribution is -0.118. The van der Waals surface area contributed by atoms with Gasteiger partial charge in [-0.25, -0.2) is 0 Å². The van der Waals surface area contributed by atoms with Gasteiger partial charge in [0.1, 0.15) is 11.5 Å². The second-order valence-corrected chi connectivity index (χ2v) is 6.79. The van der Waals surface area contributed by atoms with Crippen LogP contribution in [0.2, 0.25) is 0 Å². The minimum Gasteiger partial charge on any atom is -0.494 e. The SMILES string of the molecule is CCOc1ccccc1OCC(=O)Nc1cc(OC)c(NC(=O)c2ccccc2)cc1OC. The van der Waals surface area contributed by atoms with E-state index in [-0.39, 0.29) is 12.5 Å². The summed E-state index contributed by atoms with van der Waals surface area (Å²) in [5, 5.41) is 5.55. The van der Waals surface area contributed by atoms with Gasteiger partial charge in [-0.05, 0) is 31.2 Å². The Balaban J connectivity index is 1.72. The predicted molar refractivity (Wildman–Crippen MR) is 126 cm³/mol. The number of carbonyl (C=O) groups is 2. The molecule has 2 N–H and O–H groups in total. The minimum absolute atomic E-state index is 0.234. The Morgan fingerprint density at radius 1 is 0.727 bits per heavy atom. The predicted octanol–water partition coefficient (Wildman–Crippen LogP) is 4.37. The maximum Gasteiger partial charge on any atom is 0.262 e. The lowest BCUT2D eigenvalue weighted by atomic mass is 10.2. The van der Waals surface area contributed by atoms with Crippen molar-refractivity contribution in [3.63, 3.8) is 0 Å². The first-order valence-electron chi connectivity index (χ1n) is 10.3. The molecule has 3 aromatic carbocycles. The Morgan fingerprint density at radius 2 is 1.27 bits per heavy atom. The first-order chi connectivity index (χ1) is 16.0. The maximum atomic E-state index is 12.5. The summed E-state index contributed by atoms with van der Waals surface area (Å²) in [6.07, 6.45) is 0. The third-order valence-corrected chi connectivity index (χ3v) is 4.59. The van der Waals surface area contributed by atoms with Crippen LogP contribution >= 0.6 is 0 Å². The largest absolute Gasteiger partial charge is 0.494 e. The van der Waals surface area contributed by atoms with Crippen molar-refractivity contribution < 1.29 is 28.5 Å². The van der Waals surface area contributed by atoms with Gasteiger partial charge in [-0.2, -0.15) is 0 Å². The molecule has 0 aliphatic carbocycles. The lowest BCUT2D eigenvalue weighted by Gasteiger charge is -2.16. The molecular weight excluding hydrogens is 424 g/mol. The fourth-order valence-electron chi connectivity index (χ4n) is 3.05. The van der Waals surface area contributed by atoms with Crippen molar-refractivity contribution in [2.75, 3.05) is 38.1 Å². The van der Waals surface area contributed by atoms with Gasteiger partial charge >= 0.3 is 0 Å². The van der Waals surface area contributed by atoms with Crippen molar-refractivity contribution >= 4 is 23.2 Å². The van der Waals surface area contributed by atoms with Crippen LogP contribution in [0, 0.1) is 0 Å². The van der Waals surface area contributed by atoms with E-state index in [1.54, 1.807) is 54.6 Å². The number of amides is 2. The van der Waals surface area contributed by atoms with Crippen molar-refractivity contribution in [1.82, 2.24) is 0 Å². The van der Waals surface area contributed by atoms with Crippen molar-refractivity contribution in [2.24, 2.45) is 0 Å². The van der Waals surface area contributed by atoms with E-state index in [0.717, 1.165) is 0 Å². The Labute approximate surface area is 192 Å². The molecule has 0 atom stereocenters. The van der Waals surface area contributed by atoms with Crippen LogP contribution in [0.4, 0.5) is 11.4 Å². The van der Waals surface area contributed by atoms with Gasteiger partial charge in [0.05, 0.1) is 32.2 Å². The minimum atomic E-state index is -0.400. The molecule has 0 aliphatic rings. The highest BCUT2D eigenvalue weighted by molar-refractivity contribution is 6.05. The summed E-state index contributed by atoms with van der Waals surface area (Å²) >= 11 is 0. The third kappa shape index (κ3) is 6.16. The highest BCUT2D eigenvalue weighted by Gasteiger charge is 2.17. The molecule has 0 saturated carbocycles. The van der Waals surface area contributed by atoms with Crippen LogP contribution in [0.3, 0.4) is 0 Å². The van der Waals surface area contributed by atoms with Crippen LogP contribution in [0.25, 0.3) is 0 Å². The van der Waals surface area contributed by atoms with Crippen molar-refractivity contribution in [3.05, 3.63) is 72.3 Å². The Morgan fingerprint density at radius 3 is 1.85 bits per heavy atom. The first kappa shape index (κ1) is 23.5. The zero-order chi connectivity index (χ0) is 23.6. The number of hydrogen-bond donors (Lipinski definition) is 2. The molecule has 3 aromatic rings. The molecule has 0 fully saturated rings. The molecule has 3 rings (SSSR count). The number of ether oxygens (including phenoxy) is 4. The fraction of sp³-hybridized carbons (Fsp3) is 0.200. The van der Waals surface area contributed by atoms with Gasteiger partial charge < -0.3 is 29.6 Å². The Bertz CT molecular complexity index is 1100. The summed E-state index contributed by atoms with van der Waals surface area (Å²) in [6, 6.07) is 19.1. The molecule has 172 valence electrons. The average molecular weight is 450 g/mol. The van der Waals surface area contributed by atoms with Crippen LogP contribution in [0.5, 0.6) is 23.0 Å². The summed E-state index contributed by atoms with van der Waals surface area (Å²) < 4.78 is 21.9. The zero-order valence-corrected chi connectivity index (χ0v) is 18.7. The van der Waals surface area contributed by atoms with E-state index in [2.05, 4.69) is 10.6 Å². The third-order valence-electron chi connectivity index (χ3n) is 4.59. The van der Waals surface area contributed by atoms with Gasteiger partial charge in [0.2, 0.25) is 0 Å². The van der Waals surface area contributed by atoms with E-state index in [1.807, 2.05) is 19.1 Å². The highest BCUT2D eigenvalue weighted by atomic mass is 16.5. The van der Waals surface area contributed by atoms with Gasteiger partial charge in [0, 0.05) is 17.7 Å². The Hall–Kier alpha value is -4.20. The molecule has 8 nitrogen and oxygen atoms in total. The molecule has 0 aromatic heterocycles. The van der Waals surface area contributed by atoms with Crippen LogP contribution in [0.1, 0.15) is 17.3 Å². The summed E-state index contributed by atoms with van der Waals surface area (Å²) in [6.45, 7) is 2.12. The van der Waals surface area contributed by atoms with Crippen molar-refractivity contribution in [3.8, 4) is 23.0 Å². The standard InChI is InChI=1S/C25H26N2O6/c1-4-32-20-12-8-9-13-21(20)33-16-24(28)26-18-14-23(31-3)19(15-22(18)30-2)27-25(29)17-10-6-5-7-11-17/h5-15H,4,16H2,1-3H3,(H,26,28)(H,27,29). The van der Waals surface area contributed by atoms with Gasteiger partial charge in [0.25, 0.3) is 11.8 Å². The van der Waals surface area contributed by atoms with E-state index >= 15 is 0 Å². The number of nitrogens with one attached hydrogen (secondary N) is 2. The molecular formula is C25H26N2O6. The van der Waals surface area contributed by atoms with Gasteiger partial charge in [-0.15, -0.1) is 0 Å². The maximum absolute atomic E-state index is 12.5. The van der Waals surface area contributed by atoms with E-state index in [4.69, 9.17) is 18.9 Å². The van der Waals surface area contributed by atoms with Gasteiger partial charge in [-0.1, -0.05) is 30.3 Å². The smallest absolute Gasteiger partial charge is 0.262 e. The molecule has 8 heteroatoms. The number of benzene rings is 3. The average Bonchev–Trinajstić information content (AvgIpc) is 2.84. The number of hydrogen-bond acceptors (Lipinski definition) is 6. The molecule has 0 heterocycles. The van der Waals surface area contributed by atoms with Gasteiger partial charge in [0.15, 0.2) is 18.1 Å². The number of para-hydroxylation sites is 2. The molecule has 33 heavy (non-hydrogen) atoms. The number of anilines is 2. The van der Waals surface area contributed by atoms with Crippen LogP contribution in [-0.4, -0.2) is 39.2 Å². The van der Waals surface area contributed by atoms with Crippen molar-refractivity contribution in [1.29, 1.82) is 0 Å². The van der Waals surface area contributed by atoms with Crippen LogP contribution in [-0.2, 0) is 4.79 Å². The molecule has 0 bridgehead atoms. The second-order valence-electron chi connectivity index (χ2n) is 6.79. The molecule has 0 saturated heterocycles. The zero-order valence-electron chi connectivity index (χ0n) is 18.7. The molecule has 0 aliphatic heterocycles. The van der Waals surface area contributed by atoms with E-state index in [9.17, 15) is 9.59 Å². The molecule has 0 spiro atoms. The van der Waals surface area contributed by atoms with Gasteiger partial charge in [-0.3, -0.25) is 9.59 Å². The number of carbonyl (C=O) groups excluding carboxylic acids is 2. The van der Waals surface area contributed by atoms with E-state index in [1.165, 1.54) is 14.2 Å². The first-order valence-corrected chi connectivity index (χ1v) is 10.3. The summed E-state index contributed by atoms with van der Waals surface area (Å²) in [5.74, 6) is 1.04. The second kappa shape index (κ2) is 11.4. The molecule has 2 amide bonds. The topological polar surface area (TPSA) is 95.1 Å². The quantitative estimate of drug-likeness (QED) is 0.476. The summed E-state index contributed by atoms with van der Waals surface area (Å²) in [5.41, 5.74) is 1.28. The monoisotopic (exact) mass is 450 g/mol.